The largest absolute Gasteiger partial charge is 0.369 e. The number of primary amides is 1. The molecule has 2 heterocycles. The number of benzene rings is 3. The summed E-state index contributed by atoms with van der Waals surface area (Å²) in [5.74, 6) is -1.12. The smallest absolute Gasteiger partial charge is 0.262 e. The SMILES string of the molecule is CN1CCN(c2ccc(Nc3nc(-c4cccc(NC(=O)c5cccc(F)c5)c4)sc3C(N)=O)cc2)CC1. The van der Waals surface area contributed by atoms with Gasteiger partial charge in [0.1, 0.15) is 15.7 Å². The molecule has 2 amide bonds. The van der Waals surface area contributed by atoms with Gasteiger partial charge in [0.25, 0.3) is 11.8 Å². The second kappa shape index (κ2) is 11.0. The van der Waals surface area contributed by atoms with Gasteiger partial charge in [-0.3, -0.25) is 9.59 Å². The van der Waals surface area contributed by atoms with Crippen LogP contribution in [0.5, 0.6) is 0 Å². The summed E-state index contributed by atoms with van der Waals surface area (Å²) in [5.41, 5.74) is 9.03. The highest BCUT2D eigenvalue weighted by molar-refractivity contribution is 7.17. The van der Waals surface area contributed by atoms with E-state index in [9.17, 15) is 14.0 Å². The van der Waals surface area contributed by atoms with E-state index < -0.39 is 17.6 Å². The van der Waals surface area contributed by atoms with Crippen LogP contribution in [-0.2, 0) is 0 Å². The lowest BCUT2D eigenvalue weighted by atomic mass is 10.1. The van der Waals surface area contributed by atoms with E-state index in [0.717, 1.165) is 37.6 Å². The molecule has 0 aliphatic carbocycles. The molecular weight excluding hydrogens is 503 g/mol. The minimum Gasteiger partial charge on any atom is -0.369 e. The van der Waals surface area contributed by atoms with Crippen molar-refractivity contribution in [2.24, 2.45) is 5.73 Å². The Hall–Kier alpha value is -4.28. The van der Waals surface area contributed by atoms with E-state index in [1.165, 1.54) is 35.6 Å². The number of nitrogens with two attached hydrogens (primary N) is 1. The number of hydrogen-bond acceptors (Lipinski definition) is 7. The lowest BCUT2D eigenvalue weighted by molar-refractivity contribution is 0.100. The van der Waals surface area contributed by atoms with E-state index in [1.54, 1.807) is 18.2 Å². The van der Waals surface area contributed by atoms with Gasteiger partial charge in [0.15, 0.2) is 5.82 Å². The molecule has 1 fully saturated rings. The molecule has 5 rings (SSSR count). The number of rotatable bonds is 7. The van der Waals surface area contributed by atoms with Crippen molar-refractivity contribution in [2.45, 2.75) is 0 Å². The maximum absolute atomic E-state index is 13.5. The predicted molar refractivity (Wildman–Crippen MR) is 150 cm³/mol. The Balaban J connectivity index is 1.33. The number of piperazine rings is 1. The van der Waals surface area contributed by atoms with E-state index >= 15 is 0 Å². The summed E-state index contributed by atoms with van der Waals surface area (Å²) in [6, 6.07) is 20.6. The zero-order valence-electron chi connectivity index (χ0n) is 20.8. The van der Waals surface area contributed by atoms with Crippen LogP contribution in [0.2, 0.25) is 0 Å². The fraction of sp³-hybridized carbons (Fsp3) is 0.179. The summed E-state index contributed by atoms with van der Waals surface area (Å²) in [4.78, 5) is 34.3. The number of amides is 2. The lowest BCUT2D eigenvalue weighted by Gasteiger charge is -2.34. The first-order valence-electron chi connectivity index (χ1n) is 12.1. The van der Waals surface area contributed by atoms with Crippen LogP contribution in [0, 0.1) is 5.82 Å². The minimum absolute atomic E-state index is 0.214. The molecular formula is C28H27FN6O2S. The van der Waals surface area contributed by atoms with Crippen LogP contribution in [0.3, 0.4) is 0 Å². The fourth-order valence-electron chi connectivity index (χ4n) is 4.22. The third-order valence-corrected chi connectivity index (χ3v) is 7.42. The van der Waals surface area contributed by atoms with Gasteiger partial charge in [0.2, 0.25) is 0 Å². The van der Waals surface area contributed by atoms with E-state index in [1.807, 2.05) is 18.2 Å². The molecule has 1 aliphatic rings. The summed E-state index contributed by atoms with van der Waals surface area (Å²) in [7, 11) is 2.13. The van der Waals surface area contributed by atoms with Crippen LogP contribution in [0.1, 0.15) is 20.0 Å². The third kappa shape index (κ3) is 5.82. The molecule has 1 saturated heterocycles. The van der Waals surface area contributed by atoms with Crippen molar-refractivity contribution in [3.8, 4) is 10.6 Å². The van der Waals surface area contributed by atoms with Gasteiger partial charge in [0.05, 0.1) is 0 Å². The molecule has 194 valence electrons. The van der Waals surface area contributed by atoms with Crippen LogP contribution in [0.25, 0.3) is 10.6 Å². The second-order valence-electron chi connectivity index (χ2n) is 9.07. The second-order valence-corrected chi connectivity index (χ2v) is 10.1. The van der Waals surface area contributed by atoms with Gasteiger partial charge in [-0.25, -0.2) is 9.37 Å². The molecule has 1 aliphatic heterocycles. The highest BCUT2D eigenvalue weighted by Crippen LogP contribution is 2.34. The van der Waals surface area contributed by atoms with Crippen molar-refractivity contribution < 1.29 is 14.0 Å². The van der Waals surface area contributed by atoms with E-state index in [2.05, 4.69) is 44.6 Å². The first kappa shape index (κ1) is 25.4. The van der Waals surface area contributed by atoms with Crippen LogP contribution in [0.4, 0.5) is 27.3 Å². The molecule has 0 atom stereocenters. The van der Waals surface area contributed by atoms with E-state index in [4.69, 9.17) is 5.73 Å². The maximum Gasteiger partial charge on any atom is 0.262 e. The molecule has 38 heavy (non-hydrogen) atoms. The van der Waals surface area contributed by atoms with Gasteiger partial charge < -0.3 is 26.2 Å². The van der Waals surface area contributed by atoms with Gasteiger partial charge in [-0.15, -0.1) is 11.3 Å². The van der Waals surface area contributed by atoms with Crippen molar-refractivity contribution in [2.75, 3.05) is 48.8 Å². The van der Waals surface area contributed by atoms with E-state index in [-0.39, 0.29) is 5.56 Å². The highest BCUT2D eigenvalue weighted by Gasteiger charge is 2.19. The molecule has 4 aromatic rings. The zero-order valence-corrected chi connectivity index (χ0v) is 21.6. The number of anilines is 4. The quantitative estimate of drug-likeness (QED) is 0.317. The molecule has 4 N–H and O–H groups in total. The van der Waals surface area contributed by atoms with Gasteiger partial charge in [-0.1, -0.05) is 18.2 Å². The molecule has 0 bridgehead atoms. The van der Waals surface area contributed by atoms with Crippen LogP contribution >= 0.6 is 11.3 Å². The summed E-state index contributed by atoms with van der Waals surface area (Å²) >= 11 is 1.17. The number of likely N-dealkylation sites (N-methyl/N-ethyl adjacent to an activating group) is 1. The summed E-state index contributed by atoms with van der Waals surface area (Å²) in [6.45, 7) is 4.01. The molecule has 0 saturated carbocycles. The Morgan fingerprint density at radius 2 is 1.68 bits per heavy atom. The molecule has 0 unspecified atom stereocenters. The standard InChI is InChI=1S/C28H27FN6O2S/c1-34-12-14-35(15-13-34)23-10-8-21(9-11-23)31-26-24(25(30)36)38-28(33-26)19-5-3-7-22(17-19)32-27(37)18-4-2-6-20(29)16-18/h2-11,16-17,31H,12-15H2,1H3,(H2,30,36)(H,32,37). The molecule has 3 aromatic carbocycles. The maximum atomic E-state index is 13.5. The molecule has 0 radical (unpaired) electrons. The Morgan fingerprint density at radius 1 is 0.947 bits per heavy atom. The van der Waals surface area contributed by atoms with Gasteiger partial charge in [-0.05, 0) is 61.6 Å². The number of nitrogens with zero attached hydrogens (tertiary/aromatic N) is 3. The van der Waals surface area contributed by atoms with Crippen molar-refractivity contribution in [3.05, 3.63) is 89.1 Å². The average molecular weight is 531 g/mol. The number of nitrogens with one attached hydrogen (secondary N) is 2. The van der Waals surface area contributed by atoms with Crippen LogP contribution in [-0.4, -0.2) is 54.9 Å². The van der Waals surface area contributed by atoms with Crippen molar-refractivity contribution in [1.82, 2.24) is 9.88 Å². The predicted octanol–water partition coefficient (Wildman–Crippen LogP) is 4.80. The van der Waals surface area contributed by atoms with Gasteiger partial charge in [-0.2, -0.15) is 0 Å². The number of thiazole rings is 1. The average Bonchev–Trinajstić information content (AvgIpc) is 3.34. The fourth-order valence-corrected chi connectivity index (χ4v) is 5.08. The lowest BCUT2D eigenvalue weighted by Crippen LogP contribution is -2.44. The molecule has 0 spiro atoms. The Morgan fingerprint density at radius 3 is 2.39 bits per heavy atom. The zero-order chi connectivity index (χ0) is 26.6. The molecule has 8 nitrogen and oxygen atoms in total. The number of carbonyl (C=O) groups excluding carboxylic acids is 2. The summed E-state index contributed by atoms with van der Waals surface area (Å²) < 4.78 is 13.5. The molecule has 1 aromatic heterocycles. The van der Waals surface area contributed by atoms with Gasteiger partial charge >= 0.3 is 0 Å². The van der Waals surface area contributed by atoms with Gasteiger partial charge in [0, 0.05) is 54.4 Å². The third-order valence-electron chi connectivity index (χ3n) is 6.30. The normalized spacial score (nSPS) is 13.8. The number of halogens is 1. The van der Waals surface area contributed by atoms with Crippen molar-refractivity contribution in [3.63, 3.8) is 0 Å². The Labute approximate surface area is 223 Å². The monoisotopic (exact) mass is 530 g/mol. The highest BCUT2D eigenvalue weighted by atomic mass is 32.1. The topological polar surface area (TPSA) is 104 Å². The number of aromatic nitrogens is 1. The first-order valence-corrected chi connectivity index (χ1v) is 13.0. The molecule has 10 heteroatoms. The Bertz CT molecular complexity index is 1460. The van der Waals surface area contributed by atoms with Crippen LogP contribution < -0.4 is 21.3 Å². The van der Waals surface area contributed by atoms with Crippen molar-refractivity contribution >= 4 is 46.0 Å². The number of hydrogen-bond donors (Lipinski definition) is 3. The summed E-state index contributed by atoms with van der Waals surface area (Å²) in [6.07, 6.45) is 0. The summed E-state index contributed by atoms with van der Waals surface area (Å²) in [5, 5.41) is 6.56. The Kier molecular flexibility index (Phi) is 7.34. The number of carbonyl (C=O) groups is 2. The first-order chi connectivity index (χ1) is 18.4. The minimum atomic E-state index is -0.583. The van der Waals surface area contributed by atoms with E-state index in [0.29, 0.717) is 27.0 Å². The van der Waals surface area contributed by atoms with Crippen molar-refractivity contribution in [1.29, 1.82) is 0 Å². The van der Waals surface area contributed by atoms with Crippen LogP contribution in [0.15, 0.2) is 72.8 Å².